The lowest BCUT2D eigenvalue weighted by molar-refractivity contribution is -0.138. The van der Waals surface area contributed by atoms with Gasteiger partial charge in [0, 0.05) is 5.56 Å². The number of aromatic nitrogens is 1. The number of nitrogens with zero attached hydrogens (tertiary/aromatic N) is 1. The molecule has 0 fully saturated rings. The van der Waals surface area contributed by atoms with Gasteiger partial charge in [-0.15, -0.1) is 11.3 Å². The maximum atomic E-state index is 10.9. The lowest BCUT2D eigenvalue weighted by Crippen LogP contribution is -2.06. The van der Waals surface area contributed by atoms with E-state index in [2.05, 4.69) is 4.98 Å². The summed E-state index contributed by atoms with van der Waals surface area (Å²) in [4.78, 5) is 15.2. The topological polar surface area (TPSA) is 59.4 Å². The minimum Gasteiger partial charge on any atom is -0.481 e. The van der Waals surface area contributed by atoms with E-state index in [1.807, 2.05) is 29.6 Å². The number of ether oxygens (including phenoxy) is 1. The van der Waals surface area contributed by atoms with Gasteiger partial charge in [-0.1, -0.05) is 24.3 Å². The van der Waals surface area contributed by atoms with Crippen molar-refractivity contribution < 1.29 is 14.6 Å². The number of carboxylic acid groups (broad SMARTS) is 1. The summed E-state index contributed by atoms with van der Waals surface area (Å²) in [5.41, 5.74) is 1.75. The van der Waals surface area contributed by atoms with E-state index in [0.29, 0.717) is 5.88 Å². The van der Waals surface area contributed by atoms with Gasteiger partial charge in [-0.05, 0) is 12.5 Å². The zero-order chi connectivity index (χ0) is 13.1. The molecular formula is C13H13NO3S. The molecule has 1 N–H and O–H groups in total. The zero-order valence-corrected chi connectivity index (χ0v) is 10.9. The SMILES string of the molecule is COc1csc(-c2ccc(C(C)C(=O)O)cc2)n1. The van der Waals surface area contributed by atoms with Crippen LogP contribution in [0.3, 0.4) is 0 Å². The molecule has 1 heterocycles. The quantitative estimate of drug-likeness (QED) is 0.921. The fraction of sp³-hybridized carbons (Fsp3) is 0.231. The minimum absolute atomic E-state index is 0.495. The van der Waals surface area contributed by atoms with Crippen molar-refractivity contribution in [2.75, 3.05) is 7.11 Å². The molecule has 0 aliphatic carbocycles. The minimum atomic E-state index is -0.821. The predicted octanol–water partition coefficient (Wildman–Crippen LogP) is 3.01. The maximum absolute atomic E-state index is 10.9. The van der Waals surface area contributed by atoms with E-state index in [1.165, 1.54) is 11.3 Å². The first-order chi connectivity index (χ1) is 8.61. The van der Waals surface area contributed by atoms with E-state index < -0.39 is 11.9 Å². The number of carboxylic acids is 1. The average Bonchev–Trinajstić information content (AvgIpc) is 2.86. The summed E-state index contributed by atoms with van der Waals surface area (Å²) in [5.74, 6) is -0.721. The van der Waals surface area contributed by atoms with Crippen LogP contribution in [-0.4, -0.2) is 23.2 Å². The van der Waals surface area contributed by atoms with Gasteiger partial charge in [-0.3, -0.25) is 4.79 Å². The van der Waals surface area contributed by atoms with Crippen LogP contribution in [-0.2, 0) is 4.79 Å². The third-order valence-corrected chi connectivity index (χ3v) is 3.59. The van der Waals surface area contributed by atoms with Crippen LogP contribution >= 0.6 is 11.3 Å². The van der Waals surface area contributed by atoms with Crippen molar-refractivity contribution >= 4 is 17.3 Å². The molecule has 4 nitrogen and oxygen atoms in total. The monoisotopic (exact) mass is 263 g/mol. The molecule has 18 heavy (non-hydrogen) atoms. The molecule has 0 radical (unpaired) electrons. The predicted molar refractivity (Wildman–Crippen MR) is 70.2 cm³/mol. The van der Waals surface area contributed by atoms with Crippen molar-refractivity contribution in [3.63, 3.8) is 0 Å². The Hall–Kier alpha value is -1.88. The Labute approximate surface area is 109 Å². The molecule has 5 heteroatoms. The van der Waals surface area contributed by atoms with Gasteiger partial charge >= 0.3 is 5.97 Å². The maximum Gasteiger partial charge on any atom is 0.310 e. The fourth-order valence-electron chi connectivity index (χ4n) is 1.54. The number of benzene rings is 1. The Bertz CT molecular complexity index is 548. The smallest absolute Gasteiger partial charge is 0.310 e. The van der Waals surface area contributed by atoms with Crippen LogP contribution in [0, 0.1) is 0 Å². The summed E-state index contributed by atoms with van der Waals surface area (Å²) in [6.07, 6.45) is 0. The molecule has 1 aromatic carbocycles. The van der Waals surface area contributed by atoms with Gasteiger partial charge in [0.15, 0.2) is 0 Å². The van der Waals surface area contributed by atoms with Gasteiger partial charge < -0.3 is 9.84 Å². The molecular weight excluding hydrogens is 250 g/mol. The van der Waals surface area contributed by atoms with E-state index in [4.69, 9.17) is 9.84 Å². The number of carbonyl (C=O) groups is 1. The number of hydrogen-bond acceptors (Lipinski definition) is 4. The summed E-state index contributed by atoms with van der Waals surface area (Å²) < 4.78 is 5.03. The Morgan fingerprint density at radius 3 is 2.56 bits per heavy atom. The Balaban J connectivity index is 2.24. The van der Waals surface area contributed by atoms with Gasteiger partial charge in [-0.2, -0.15) is 0 Å². The molecule has 2 rings (SSSR count). The number of methoxy groups -OCH3 is 1. The summed E-state index contributed by atoms with van der Waals surface area (Å²) in [5, 5.41) is 11.6. The van der Waals surface area contributed by atoms with Crippen molar-refractivity contribution in [2.45, 2.75) is 12.8 Å². The van der Waals surface area contributed by atoms with Crippen LogP contribution in [0.2, 0.25) is 0 Å². The largest absolute Gasteiger partial charge is 0.481 e. The number of thiazole rings is 1. The molecule has 94 valence electrons. The molecule has 0 amide bonds. The van der Waals surface area contributed by atoms with Crippen LogP contribution < -0.4 is 4.74 Å². The second-order valence-corrected chi connectivity index (χ2v) is 4.74. The lowest BCUT2D eigenvalue weighted by Gasteiger charge is -2.06. The highest BCUT2D eigenvalue weighted by molar-refractivity contribution is 7.13. The van der Waals surface area contributed by atoms with Crippen LogP contribution in [0.25, 0.3) is 10.6 Å². The Morgan fingerprint density at radius 1 is 1.39 bits per heavy atom. The summed E-state index contributed by atoms with van der Waals surface area (Å²) in [6.45, 7) is 1.67. The second kappa shape index (κ2) is 5.18. The first-order valence-corrected chi connectivity index (χ1v) is 6.32. The zero-order valence-electron chi connectivity index (χ0n) is 10.1. The third kappa shape index (κ3) is 2.51. The van der Waals surface area contributed by atoms with E-state index in [1.54, 1.807) is 14.0 Å². The van der Waals surface area contributed by atoms with Crippen molar-refractivity contribution in [2.24, 2.45) is 0 Å². The van der Waals surface area contributed by atoms with Gasteiger partial charge in [0.05, 0.1) is 18.4 Å². The molecule has 2 aromatic rings. The van der Waals surface area contributed by atoms with E-state index >= 15 is 0 Å². The molecule has 1 unspecified atom stereocenters. The number of rotatable bonds is 4. The standard InChI is InChI=1S/C13H13NO3S/c1-8(13(15)16)9-3-5-10(6-4-9)12-14-11(17-2)7-18-12/h3-8H,1-2H3,(H,15,16). The summed E-state index contributed by atoms with van der Waals surface area (Å²) in [6, 6.07) is 7.41. The second-order valence-electron chi connectivity index (χ2n) is 3.88. The first-order valence-electron chi connectivity index (χ1n) is 5.44. The van der Waals surface area contributed by atoms with E-state index in [9.17, 15) is 4.79 Å². The Kier molecular flexibility index (Phi) is 3.62. The Morgan fingerprint density at radius 2 is 2.06 bits per heavy atom. The van der Waals surface area contributed by atoms with Crippen molar-refractivity contribution in [1.82, 2.24) is 4.98 Å². The van der Waals surface area contributed by atoms with Crippen LogP contribution in [0.15, 0.2) is 29.6 Å². The van der Waals surface area contributed by atoms with Gasteiger partial charge in [0.1, 0.15) is 5.01 Å². The van der Waals surface area contributed by atoms with E-state index in [0.717, 1.165) is 16.1 Å². The number of hydrogen-bond donors (Lipinski definition) is 1. The fourth-order valence-corrected chi connectivity index (χ4v) is 2.32. The highest BCUT2D eigenvalue weighted by Crippen LogP contribution is 2.28. The summed E-state index contributed by atoms with van der Waals surface area (Å²) >= 11 is 1.50. The van der Waals surface area contributed by atoms with Crippen molar-refractivity contribution in [1.29, 1.82) is 0 Å². The molecule has 0 bridgehead atoms. The molecule has 0 saturated carbocycles. The highest BCUT2D eigenvalue weighted by Gasteiger charge is 2.13. The van der Waals surface area contributed by atoms with Gasteiger partial charge in [0.25, 0.3) is 0 Å². The van der Waals surface area contributed by atoms with Crippen LogP contribution in [0.4, 0.5) is 0 Å². The highest BCUT2D eigenvalue weighted by atomic mass is 32.1. The van der Waals surface area contributed by atoms with Crippen LogP contribution in [0.5, 0.6) is 5.88 Å². The summed E-state index contributed by atoms with van der Waals surface area (Å²) in [7, 11) is 1.58. The normalized spacial score (nSPS) is 12.1. The van der Waals surface area contributed by atoms with Gasteiger partial charge in [-0.25, -0.2) is 4.98 Å². The molecule has 0 saturated heterocycles. The third-order valence-electron chi connectivity index (χ3n) is 2.72. The number of aliphatic carboxylic acids is 1. The van der Waals surface area contributed by atoms with E-state index in [-0.39, 0.29) is 0 Å². The van der Waals surface area contributed by atoms with Crippen molar-refractivity contribution in [3.8, 4) is 16.5 Å². The van der Waals surface area contributed by atoms with Crippen LogP contribution in [0.1, 0.15) is 18.4 Å². The van der Waals surface area contributed by atoms with Gasteiger partial charge in [0.2, 0.25) is 5.88 Å². The first kappa shape index (κ1) is 12.6. The molecule has 0 spiro atoms. The van der Waals surface area contributed by atoms with Crippen molar-refractivity contribution in [3.05, 3.63) is 35.2 Å². The molecule has 1 aromatic heterocycles. The molecule has 0 aliphatic heterocycles. The molecule has 0 aliphatic rings. The average molecular weight is 263 g/mol. The lowest BCUT2D eigenvalue weighted by atomic mass is 10.0. The molecule has 1 atom stereocenters.